The van der Waals surface area contributed by atoms with Gasteiger partial charge in [-0.1, -0.05) is 0 Å². The number of nitrogens with two attached hydrogens (primary N) is 1. The van der Waals surface area contributed by atoms with E-state index in [0.29, 0.717) is 22.7 Å². The number of nitrogen functional groups attached to an aromatic ring is 1. The molecule has 96 valence electrons. The lowest BCUT2D eigenvalue weighted by molar-refractivity contribution is 0.468. The molecule has 6 nitrogen and oxygen atoms in total. The maximum atomic E-state index is 13.6. The molecule has 0 saturated carbocycles. The highest BCUT2D eigenvalue weighted by Gasteiger charge is 2.11. The van der Waals surface area contributed by atoms with Gasteiger partial charge in [0.15, 0.2) is 23.0 Å². The molecule has 0 radical (unpaired) electrons. The minimum atomic E-state index is -0.568. The molecule has 3 heterocycles. The highest BCUT2D eigenvalue weighted by molar-refractivity contribution is 5.47. The third kappa shape index (κ3) is 1.95. The summed E-state index contributed by atoms with van der Waals surface area (Å²) in [6, 6.07) is 3.40. The second kappa shape index (κ2) is 4.20. The van der Waals surface area contributed by atoms with Gasteiger partial charge in [-0.3, -0.25) is 0 Å². The van der Waals surface area contributed by atoms with Crippen molar-refractivity contribution in [1.82, 2.24) is 19.6 Å². The number of hydrogen-bond donors (Lipinski definition) is 1. The third-order valence-electron chi connectivity index (χ3n) is 2.72. The van der Waals surface area contributed by atoms with E-state index in [1.54, 1.807) is 29.8 Å². The smallest absolute Gasteiger partial charge is 0.171 e. The van der Waals surface area contributed by atoms with Crippen molar-refractivity contribution >= 4 is 11.5 Å². The number of halogens is 1. The van der Waals surface area contributed by atoms with Gasteiger partial charge in [-0.25, -0.2) is 18.9 Å². The average molecular weight is 259 g/mol. The van der Waals surface area contributed by atoms with Crippen LogP contribution >= 0.6 is 0 Å². The molecule has 0 fully saturated rings. The molecular weight excluding hydrogens is 249 g/mol. The molecule has 0 aliphatic rings. The zero-order valence-electron chi connectivity index (χ0n) is 10.0. The van der Waals surface area contributed by atoms with Gasteiger partial charge < -0.3 is 10.5 Å². The molecule has 3 aromatic heterocycles. The molecule has 0 saturated heterocycles. The first kappa shape index (κ1) is 11.4. The van der Waals surface area contributed by atoms with Crippen molar-refractivity contribution in [1.29, 1.82) is 0 Å². The summed E-state index contributed by atoms with van der Waals surface area (Å²) >= 11 is 0. The molecule has 19 heavy (non-hydrogen) atoms. The van der Waals surface area contributed by atoms with Crippen molar-refractivity contribution in [2.45, 2.75) is 6.92 Å². The highest BCUT2D eigenvalue weighted by atomic mass is 19.1. The lowest BCUT2D eigenvalue weighted by Crippen LogP contribution is -2.00. The Kier molecular flexibility index (Phi) is 2.52. The molecular formula is C12H10FN5O. The Hall–Kier alpha value is -2.70. The van der Waals surface area contributed by atoms with Crippen LogP contribution in [0.3, 0.4) is 0 Å². The van der Waals surface area contributed by atoms with Gasteiger partial charge in [0.05, 0.1) is 6.20 Å². The van der Waals surface area contributed by atoms with Crippen molar-refractivity contribution in [3.63, 3.8) is 0 Å². The number of pyridine rings is 2. The monoisotopic (exact) mass is 259 g/mol. The maximum Gasteiger partial charge on any atom is 0.171 e. The van der Waals surface area contributed by atoms with E-state index >= 15 is 0 Å². The lowest BCUT2D eigenvalue weighted by atomic mass is 10.2. The Morgan fingerprint density at radius 2 is 2.21 bits per heavy atom. The van der Waals surface area contributed by atoms with Crippen molar-refractivity contribution < 1.29 is 9.13 Å². The Morgan fingerprint density at radius 1 is 1.37 bits per heavy atom. The summed E-state index contributed by atoms with van der Waals surface area (Å²) in [4.78, 5) is 7.77. The fourth-order valence-corrected chi connectivity index (χ4v) is 1.67. The molecule has 3 rings (SSSR count). The standard InChI is InChI=1S/C12H10FN5O/c1-7-9(5-15-12(14)11(7)13)19-8-2-3-18-10(4-8)16-6-17-18/h2-6H,1H3,(H2,14,15). The summed E-state index contributed by atoms with van der Waals surface area (Å²) in [6.45, 7) is 1.58. The van der Waals surface area contributed by atoms with Crippen molar-refractivity contribution in [3.8, 4) is 11.5 Å². The van der Waals surface area contributed by atoms with Gasteiger partial charge in [0.25, 0.3) is 0 Å². The first-order chi connectivity index (χ1) is 9.15. The van der Waals surface area contributed by atoms with E-state index in [2.05, 4.69) is 15.1 Å². The summed E-state index contributed by atoms with van der Waals surface area (Å²) < 4.78 is 20.8. The van der Waals surface area contributed by atoms with Gasteiger partial charge >= 0.3 is 0 Å². The minimum Gasteiger partial charge on any atom is -0.455 e. The predicted molar refractivity (Wildman–Crippen MR) is 66.4 cm³/mol. The summed E-state index contributed by atoms with van der Waals surface area (Å²) in [5.74, 6) is 0.129. The highest BCUT2D eigenvalue weighted by Crippen LogP contribution is 2.27. The number of nitrogens with zero attached hydrogens (tertiary/aromatic N) is 4. The second-order valence-corrected chi connectivity index (χ2v) is 3.97. The Morgan fingerprint density at radius 3 is 3.05 bits per heavy atom. The number of fused-ring (bicyclic) bond motifs is 1. The van der Waals surface area contributed by atoms with E-state index in [1.807, 2.05) is 0 Å². The van der Waals surface area contributed by atoms with Gasteiger partial charge in [-0.2, -0.15) is 5.10 Å². The van der Waals surface area contributed by atoms with Crippen LogP contribution in [0.4, 0.5) is 10.2 Å². The van der Waals surface area contributed by atoms with Crippen molar-refractivity contribution in [2.75, 3.05) is 5.73 Å². The zero-order valence-corrected chi connectivity index (χ0v) is 10.0. The van der Waals surface area contributed by atoms with Gasteiger partial charge in [-0.05, 0) is 13.0 Å². The van der Waals surface area contributed by atoms with Crippen LogP contribution in [-0.4, -0.2) is 19.6 Å². The van der Waals surface area contributed by atoms with E-state index in [4.69, 9.17) is 10.5 Å². The lowest BCUT2D eigenvalue weighted by Gasteiger charge is -2.09. The number of rotatable bonds is 2. The Bertz CT molecular complexity index is 755. The third-order valence-corrected chi connectivity index (χ3v) is 2.72. The normalized spacial score (nSPS) is 10.8. The number of aromatic nitrogens is 4. The van der Waals surface area contributed by atoms with Gasteiger partial charge in [0.2, 0.25) is 0 Å². The zero-order chi connectivity index (χ0) is 13.4. The van der Waals surface area contributed by atoms with Crippen LogP contribution in [-0.2, 0) is 0 Å². The van der Waals surface area contributed by atoms with E-state index in [0.717, 1.165) is 0 Å². The van der Waals surface area contributed by atoms with E-state index in [1.165, 1.54) is 12.5 Å². The first-order valence-electron chi connectivity index (χ1n) is 5.53. The van der Waals surface area contributed by atoms with Gasteiger partial charge in [0, 0.05) is 17.8 Å². The average Bonchev–Trinajstić information content (AvgIpc) is 2.87. The molecule has 2 N–H and O–H groups in total. The van der Waals surface area contributed by atoms with Crippen LogP contribution in [0.15, 0.2) is 30.9 Å². The summed E-state index contributed by atoms with van der Waals surface area (Å²) in [6.07, 6.45) is 4.53. The van der Waals surface area contributed by atoms with E-state index in [9.17, 15) is 4.39 Å². The topological polar surface area (TPSA) is 78.3 Å². The summed E-state index contributed by atoms with van der Waals surface area (Å²) in [5.41, 5.74) is 6.33. The van der Waals surface area contributed by atoms with Gasteiger partial charge in [-0.15, -0.1) is 0 Å². The summed E-state index contributed by atoms with van der Waals surface area (Å²) in [7, 11) is 0. The SMILES string of the molecule is Cc1c(Oc2ccn3ncnc3c2)cnc(N)c1F. The summed E-state index contributed by atoms with van der Waals surface area (Å²) in [5, 5.41) is 3.97. The molecule has 0 aromatic carbocycles. The molecule has 0 atom stereocenters. The fraction of sp³-hybridized carbons (Fsp3) is 0.0833. The number of ether oxygens (including phenoxy) is 1. The molecule has 0 spiro atoms. The largest absolute Gasteiger partial charge is 0.455 e. The van der Waals surface area contributed by atoms with Crippen LogP contribution in [0.1, 0.15) is 5.56 Å². The van der Waals surface area contributed by atoms with Gasteiger partial charge in [0.1, 0.15) is 12.1 Å². The van der Waals surface area contributed by atoms with Crippen LogP contribution in [0, 0.1) is 12.7 Å². The minimum absolute atomic E-state index is 0.141. The molecule has 0 bridgehead atoms. The van der Waals surface area contributed by atoms with E-state index < -0.39 is 5.82 Å². The molecule has 7 heteroatoms. The van der Waals surface area contributed by atoms with Crippen LogP contribution in [0.25, 0.3) is 5.65 Å². The van der Waals surface area contributed by atoms with E-state index in [-0.39, 0.29) is 5.82 Å². The molecule has 0 unspecified atom stereocenters. The Balaban J connectivity index is 1.98. The maximum absolute atomic E-state index is 13.6. The molecule has 3 aromatic rings. The van der Waals surface area contributed by atoms with Crippen molar-refractivity contribution in [2.24, 2.45) is 0 Å². The number of hydrogen-bond acceptors (Lipinski definition) is 5. The Labute approximate surface area is 107 Å². The molecule has 0 amide bonds. The van der Waals surface area contributed by atoms with Crippen LogP contribution < -0.4 is 10.5 Å². The first-order valence-corrected chi connectivity index (χ1v) is 5.53. The molecule has 0 aliphatic heterocycles. The molecule has 0 aliphatic carbocycles. The predicted octanol–water partition coefficient (Wildman–Crippen LogP) is 1.95. The fourth-order valence-electron chi connectivity index (χ4n) is 1.67. The van der Waals surface area contributed by atoms with Crippen LogP contribution in [0.5, 0.6) is 11.5 Å². The quantitative estimate of drug-likeness (QED) is 0.761. The van der Waals surface area contributed by atoms with Crippen molar-refractivity contribution in [3.05, 3.63) is 42.2 Å². The second-order valence-electron chi connectivity index (χ2n) is 3.97. The number of anilines is 1. The van der Waals surface area contributed by atoms with Crippen LogP contribution in [0.2, 0.25) is 0 Å².